The SMILES string of the molecule is CNC(=O)CCCC(=O)Nc1ccc(C(O)(C(=O)Cc2cccc3cccnc23)C(=O)Nc2cccc3cccnc23)cc1. The number of amides is 3. The highest BCUT2D eigenvalue weighted by Crippen LogP contribution is 2.30. The number of aliphatic hydroxyl groups is 1. The number of carbonyl (C=O) groups excluding carboxylic acids is 4. The first-order chi connectivity index (χ1) is 21.3. The molecule has 0 bridgehead atoms. The van der Waals surface area contributed by atoms with Gasteiger partial charge in [-0.1, -0.05) is 54.6 Å². The first kappa shape index (κ1) is 30.0. The number of hydrogen-bond donors (Lipinski definition) is 4. The van der Waals surface area contributed by atoms with Crippen molar-refractivity contribution in [2.75, 3.05) is 17.7 Å². The first-order valence-electron chi connectivity index (χ1n) is 14.1. The monoisotopic (exact) mass is 589 g/mol. The predicted molar refractivity (Wildman–Crippen MR) is 168 cm³/mol. The van der Waals surface area contributed by atoms with E-state index in [0.717, 1.165) is 10.8 Å². The Hall–Kier alpha value is -5.48. The molecule has 0 aliphatic heterocycles. The number of hydrogen-bond acceptors (Lipinski definition) is 7. The Kier molecular flexibility index (Phi) is 9.01. The highest BCUT2D eigenvalue weighted by Gasteiger charge is 2.45. The molecule has 0 saturated carbocycles. The van der Waals surface area contributed by atoms with Crippen LogP contribution in [-0.4, -0.2) is 45.6 Å². The van der Waals surface area contributed by atoms with Crippen molar-refractivity contribution in [2.45, 2.75) is 31.3 Å². The van der Waals surface area contributed by atoms with Crippen molar-refractivity contribution in [2.24, 2.45) is 0 Å². The predicted octanol–water partition coefficient (Wildman–Crippen LogP) is 4.28. The van der Waals surface area contributed by atoms with Crippen LogP contribution in [0, 0.1) is 0 Å². The van der Waals surface area contributed by atoms with E-state index in [1.165, 1.54) is 31.3 Å². The molecular weight excluding hydrogens is 558 g/mol. The zero-order valence-corrected chi connectivity index (χ0v) is 24.0. The van der Waals surface area contributed by atoms with Crippen LogP contribution in [-0.2, 0) is 31.2 Å². The zero-order valence-electron chi connectivity index (χ0n) is 24.0. The first-order valence-corrected chi connectivity index (χ1v) is 14.1. The van der Waals surface area contributed by atoms with Gasteiger partial charge in [-0.25, -0.2) is 0 Å². The number of anilines is 2. The molecule has 1 atom stereocenters. The highest BCUT2D eigenvalue weighted by molar-refractivity contribution is 6.17. The van der Waals surface area contributed by atoms with Gasteiger partial charge in [-0.2, -0.15) is 0 Å². The zero-order chi connectivity index (χ0) is 31.1. The lowest BCUT2D eigenvalue weighted by Gasteiger charge is -2.27. The third-order valence-corrected chi connectivity index (χ3v) is 7.35. The Bertz CT molecular complexity index is 1750. The lowest BCUT2D eigenvalue weighted by Crippen LogP contribution is -2.48. The average Bonchev–Trinajstić information content (AvgIpc) is 3.05. The van der Waals surface area contributed by atoms with E-state index in [9.17, 15) is 24.3 Å². The van der Waals surface area contributed by atoms with Crippen LogP contribution < -0.4 is 16.0 Å². The molecule has 3 aromatic carbocycles. The van der Waals surface area contributed by atoms with Crippen LogP contribution >= 0.6 is 0 Å². The molecule has 0 spiro atoms. The number of benzene rings is 3. The third-order valence-electron chi connectivity index (χ3n) is 7.35. The molecule has 10 nitrogen and oxygen atoms in total. The minimum Gasteiger partial charge on any atom is -0.370 e. The molecule has 0 aliphatic rings. The Morgan fingerprint density at radius 2 is 1.34 bits per heavy atom. The molecule has 0 saturated heterocycles. The van der Waals surface area contributed by atoms with Crippen LogP contribution in [0.3, 0.4) is 0 Å². The molecule has 222 valence electrons. The minimum absolute atomic E-state index is 0.0269. The van der Waals surface area contributed by atoms with Crippen molar-refractivity contribution in [1.82, 2.24) is 15.3 Å². The number of nitrogens with one attached hydrogen (secondary N) is 3. The molecule has 10 heteroatoms. The number of aromatic nitrogens is 2. The Labute approximate surface area is 253 Å². The second-order valence-electron chi connectivity index (χ2n) is 10.3. The van der Waals surface area contributed by atoms with Crippen molar-refractivity contribution in [3.8, 4) is 0 Å². The van der Waals surface area contributed by atoms with Crippen LogP contribution in [0.25, 0.3) is 21.8 Å². The number of rotatable bonds is 11. The topological polar surface area (TPSA) is 150 Å². The van der Waals surface area contributed by atoms with Crippen molar-refractivity contribution in [3.05, 3.63) is 108 Å². The molecule has 0 radical (unpaired) electrons. The molecule has 2 aromatic heterocycles. The van der Waals surface area contributed by atoms with Gasteiger partial charge in [0.15, 0.2) is 5.78 Å². The smallest absolute Gasteiger partial charge is 0.269 e. The normalized spacial score (nSPS) is 12.3. The van der Waals surface area contributed by atoms with Gasteiger partial charge in [0.2, 0.25) is 17.4 Å². The molecule has 0 aliphatic carbocycles. The van der Waals surface area contributed by atoms with Crippen LogP contribution in [0.15, 0.2) is 97.3 Å². The molecule has 4 N–H and O–H groups in total. The standard InChI is InChI=1S/C34H31N5O5/c1-35-29(41)13-4-14-30(42)38-26-17-15-25(16-18-26)34(44,28(40)21-24-9-2-7-22-10-5-19-36-31(22)24)33(43)39-27-12-3-8-23-11-6-20-37-32(23)27/h2-3,5-12,15-20,44H,4,13-14,21H2,1H3,(H,35,41)(H,38,42)(H,39,43). The highest BCUT2D eigenvalue weighted by atomic mass is 16.3. The minimum atomic E-state index is -2.59. The second-order valence-corrected chi connectivity index (χ2v) is 10.3. The van der Waals surface area contributed by atoms with Gasteiger partial charge >= 0.3 is 0 Å². The summed E-state index contributed by atoms with van der Waals surface area (Å²) >= 11 is 0. The van der Waals surface area contributed by atoms with Crippen molar-refractivity contribution in [3.63, 3.8) is 0 Å². The molecule has 3 amide bonds. The van der Waals surface area contributed by atoms with Gasteiger partial charge in [0.1, 0.15) is 0 Å². The summed E-state index contributed by atoms with van der Waals surface area (Å²) in [4.78, 5) is 60.4. The fraction of sp³-hybridized carbons (Fsp3) is 0.176. The van der Waals surface area contributed by atoms with Crippen LogP contribution in [0.1, 0.15) is 30.4 Å². The van der Waals surface area contributed by atoms with E-state index >= 15 is 0 Å². The van der Waals surface area contributed by atoms with Crippen LogP contribution in [0.2, 0.25) is 0 Å². The lowest BCUT2D eigenvalue weighted by atomic mass is 9.84. The van der Waals surface area contributed by atoms with E-state index in [2.05, 4.69) is 25.9 Å². The van der Waals surface area contributed by atoms with Gasteiger partial charge in [-0.05, 0) is 42.3 Å². The van der Waals surface area contributed by atoms with Crippen LogP contribution in [0.5, 0.6) is 0 Å². The van der Waals surface area contributed by atoms with Gasteiger partial charge in [-0.3, -0.25) is 29.1 Å². The maximum Gasteiger partial charge on any atom is 0.269 e. The summed E-state index contributed by atoms with van der Waals surface area (Å²) in [5, 5.41) is 21.6. The van der Waals surface area contributed by atoms with Crippen molar-refractivity contribution >= 4 is 56.7 Å². The van der Waals surface area contributed by atoms with E-state index in [4.69, 9.17) is 0 Å². The fourth-order valence-electron chi connectivity index (χ4n) is 5.00. The van der Waals surface area contributed by atoms with Crippen LogP contribution in [0.4, 0.5) is 11.4 Å². The van der Waals surface area contributed by atoms with Crippen molar-refractivity contribution in [1.29, 1.82) is 0 Å². The van der Waals surface area contributed by atoms with E-state index in [0.29, 0.717) is 34.4 Å². The third kappa shape index (κ3) is 6.45. The number of fused-ring (bicyclic) bond motifs is 2. The molecular formula is C34H31N5O5. The van der Waals surface area contributed by atoms with Gasteiger partial charge < -0.3 is 21.1 Å². The molecule has 44 heavy (non-hydrogen) atoms. The van der Waals surface area contributed by atoms with E-state index in [1.807, 2.05) is 24.3 Å². The fourth-order valence-corrected chi connectivity index (χ4v) is 5.00. The maximum absolute atomic E-state index is 14.0. The van der Waals surface area contributed by atoms with E-state index in [-0.39, 0.29) is 36.6 Å². The number of Topliss-reactive ketones (excluding diaryl/α,β-unsaturated/α-hetero) is 1. The molecule has 1 unspecified atom stereocenters. The molecule has 2 heterocycles. The van der Waals surface area contributed by atoms with Gasteiger partial charge in [0.25, 0.3) is 5.91 Å². The molecule has 0 fully saturated rings. The largest absolute Gasteiger partial charge is 0.370 e. The summed E-state index contributed by atoms with van der Waals surface area (Å²) in [6, 6.07) is 23.8. The molecule has 5 rings (SSSR count). The lowest BCUT2D eigenvalue weighted by molar-refractivity contribution is -0.149. The van der Waals surface area contributed by atoms with Gasteiger partial charge in [-0.15, -0.1) is 0 Å². The summed E-state index contributed by atoms with van der Waals surface area (Å²) in [7, 11) is 1.54. The summed E-state index contributed by atoms with van der Waals surface area (Å²) in [5.41, 5.74) is -0.156. The van der Waals surface area contributed by atoms with Gasteiger partial charge in [0, 0.05) is 60.7 Å². The second kappa shape index (κ2) is 13.2. The molecule has 5 aromatic rings. The Morgan fingerprint density at radius 3 is 2.05 bits per heavy atom. The van der Waals surface area contributed by atoms with Gasteiger partial charge in [0.05, 0.1) is 16.7 Å². The average molecular weight is 590 g/mol. The Balaban J connectivity index is 1.44. The summed E-state index contributed by atoms with van der Waals surface area (Å²) in [6.45, 7) is 0. The van der Waals surface area contributed by atoms with Crippen molar-refractivity contribution < 1.29 is 24.3 Å². The maximum atomic E-state index is 14.0. The number of ketones is 1. The summed E-state index contributed by atoms with van der Waals surface area (Å²) < 4.78 is 0. The van der Waals surface area contributed by atoms with E-state index in [1.54, 1.807) is 48.8 Å². The van der Waals surface area contributed by atoms with E-state index < -0.39 is 17.3 Å². The summed E-state index contributed by atoms with van der Waals surface area (Å²) in [6.07, 6.45) is 3.69. The number of para-hydroxylation sites is 2. The summed E-state index contributed by atoms with van der Waals surface area (Å²) in [5.74, 6) is -2.15. The number of carbonyl (C=O) groups is 4. The number of pyridine rings is 2. The Morgan fingerprint density at radius 1 is 0.727 bits per heavy atom. The number of nitrogens with zero attached hydrogens (tertiary/aromatic N) is 2. The quantitative estimate of drug-likeness (QED) is 0.168.